The molecule has 0 aliphatic carbocycles. The van der Waals surface area contributed by atoms with Crippen LogP contribution in [-0.2, 0) is 18.4 Å². The molecule has 0 heterocycles. The Labute approximate surface area is 256 Å². The van der Waals surface area contributed by atoms with Gasteiger partial charge in [-0.1, -0.05) is 128 Å². The van der Waals surface area contributed by atoms with E-state index in [2.05, 4.69) is 31.3 Å². The van der Waals surface area contributed by atoms with Gasteiger partial charge in [-0.3, -0.25) is 13.8 Å². The highest BCUT2D eigenvalue weighted by Gasteiger charge is 2.27. The number of carbonyl (C=O) groups excluding carboxylic acids is 1. The van der Waals surface area contributed by atoms with Crippen molar-refractivity contribution in [2.24, 2.45) is 5.73 Å². The molecule has 6 N–H and O–H groups in total. The van der Waals surface area contributed by atoms with Crippen LogP contribution >= 0.6 is 7.82 Å². The van der Waals surface area contributed by atoms with Crippen molar-refractivity contribution in [3.8, 4) is 0 Å². The zero-order chi connectivity index (χ0) is 31.3. The summed E-state index contributed by atoms with van der Waals surface area (Å²) in [5, 5.41) is 23.7. The molecule has 0 aliphatic rings. The molecule has 0 saturated carbocycles. The van der Waals surface area contributed by atoms with Gasteiger partial charge in [-0.05, 0) is 25.7 Å². The molecule has 1 amide bonds. The number of unbranched alkanes of at least 4 members (excludes halogenated alkanes) is 14. The van der Waals surface area contributed by atoms with Crippen molar-refractivity contribution >= 4 is 13.7 Å². The third-order valence-corrected chi connectivity index (χ3v) is 8.07. The minimum absolute atomic E-state index is 0.0450. The third-order valence-electron chi connectivity index (χ3n) is 7.08. The van der Waals surface area contributed by atoms with E-state index in [1.165, 1.54) is 57.8 Å². The summed E-state index contributed by atoms with van der Waals surface area (Å²) in [7, 11) is -4.39. The molecule has 0 radical (unpaired) electrons. The Balaban J connectivity index is 4.50. The molecule has 10 heteroatoms. The van der Waals surface area contributed by atoms with E-state index >= 15 is 0 Å². The molecular formula is C32H63N2O7P. The van der Waals surface area contributed by atoms with Gasteiger partial charge in [-0.2, -0.15) is 0 Å². The summed E-state index contributed by atoms with van der Waals surface area (Å²) in [6.07, 6.45) is 25.7. The molecule has 0 aromatic heterocycles. The maximum absolute atomic E-state index is 12.6. The highest BCUT2D eigenvalue weighted by atomic mass is 31.2. The van der Waals surface area contributed by atoms with E-state index in [0.717, 1.165) is 44.9 Å². The van der Waals surface area contributed by atoms with Crippen molar-refractivity contribution in [1.82, 2.24) is 5.32 Å². The molecule has 4 atom stereocenters. The average molecular weight is 619 g/mol. The number of nitrogens with one attached hydrogen (secondary N) is 1. The lowest BCUT2D eigenvalue weighted by Gasteiger charge is -2.24. The van der Waals surface area contributed by atoms with E-state index in [0.29, 0.717) is 12.8 Å². The normalized spacial score (nSPS) is 15.7. The van der Waals surface area contributed by atoms with Crippen molar-refractivity contribution in [3.63, 3.8) is 0 Å². The van der Waals surface area contributed by atoms with Crippen molar-refractivity contribution in [2.75, 3.05) is 19.8 Å². The number of allylic oxidation sites excluding steroid dienone is 3. The standard InChI is InChI=1S/C32H63N2O7P/c1-3-5-7-9-11-13-14-15-16-17-19-21-23-29(35)27-32(37)34-30(28-41-42(38,39)40-26-25-33)31(36)24-22-20-18-12-10-8-6-4-2/h10,12,22,24,29-31,35-36H,3-9,11,13-21,23,25-28,33H2,1-2H3,(H,34,37)(H,38,39)/b12-10+,24-22+. The van der Waals surface area contributed by atoms with Crippen molar-refractivity contribution in [3.05, 3.63) is 24.3 Å². The number of hydrogen-bond acceptors (Lipinski definition) is 7. The van der Waals surface area contributed by atoms with Crippen LogP contribution in [0.2, 0.25) is 0 Å². The van der Waals surface area contributed by atoms with Crippen LogP contribution in [0.15, 0.2) is 24.3 Å². The Hall–Kier alpha value is -1.06. The summed E-state index contributed by atoms with van der Waals surface area (Å²) in [6, 6.07) is -0.991. The van der Waals surface area contributed by atoms with Gasteiger partial charge >= 0.3 is 7.82 Å². The minimum atomic E-state index is -4.39. The third kappa shape index (κ3) is 26.6. The number of rotatable bonds is 30. The zero-order valence-electron chi connectivity index (χ0n) is 26.6. The Bertz CT molecular complexity index is 736. The second-order valence-electron chi connectivity index (χ2n) is 11.2. The maximum atomic E-state index is 12.6. The first-order valence-corrected chi connectivity index (χ1v) is 18.0. The highest BCUT2D eigenvalue weighted by Crippen LogP contribution is 2.43. The van der Waals surface area contributed by atoms with Gasteiger partial charge in [-0.25, -0.2) is 4.57 Å². The summed E-state index contributed by atoms with van der Waals surface area (Å²) in [5.74, 6) is -0.461. The molecule has 0 bridgehead atoms. The summed E-state index contributed by atoms with van der Waals surface area (Å²) in [6.45, 7) is 3.83. The van der Waals surface area contributed by atoms with E-state index in [9.17, 15) is 24.5 Å². The molecule has 248 valence electrons. The lowest BCUT2D eigenvalue weighted by molar-refractivity contribution is -0.124. The summed E-state index contributed by atoms with van der Waals surface area (Å²) in [5.41, 5.74) is 5.31. The number of hydrogen-bond donors (Lipinski definition) is 5. The number of aliphatic hydroxyl groups excluding tert-OH is 2. The molecular weight excluding hydrogens is 555 g/mol. The molecule has 0 spiro atoms. The minimum Gasteiger partial charge on any atom is -0.393 e. The van der Waals surface area contributed by atoms with E-state index in [-0.39, 0.29) is 19.6 Å². The Morgan fingerprint density at radius 3 is 1.95 bits per heavy atom. The Morgan fingerprint density at radius 2 is 1.36 bits per heavy atom. The fraction of sp³-hybridized carbons (Fsp3) is 0.844. The van der Waals surface area contributed by atoms with Crippen molar-refractivity contribution in [2.45, 2.75) is 154 Å². The SMILES string of the molecule is CCCC/C=C/CC/C=C/C(O)C(COP(=O)(O)OCCN)NC(=O)CC(O)CCCCCCCCCCCCCC. The number of amides is 1. The van der Waals surface area contributed by atoms with Gasteiger partial charge in [-0.15, -0.1) is 0 Å². The average Bonchev–Trinajstić information content (AvgIpc) is 2.96. The van der Waals surface area contributed by atoms with Gasteiger partial charge in [0.2, 0.25) is 5.91 Å². The molecule has 0 saturated heterocycles. The number of nitrogens with two attached hydrogens (primary N) is 1. The lowest BCUT2D eigenvalue weighted by atomic mass is 10.0. The largest absolute Gasteiger partial charge is 0.472 e. The second-order valence-corrected chi connectivity index (χ2v) is 12.7. The first-order valence-electron chi connectivity index (χ1n) is 16.5. The van der Waals surface area contributed by atoms with Crippen LogP contribution in [0.4, 0.5) is 0 Å². The van der Waals surface area contributed by atoms with Gasteiger partial charge in [0.1, 0.15) is 0 Å². The van der Waals surface area contributed by atoms with Gasteiger partial charge in [0.25, 0.3) is 0 Å². The first-order chi connectivity index (χ1) is 20.3. The van der Waals surface area contributed by atoms with E-state index in [1.807, 2.05) is 0 Å². The fourth-order valence-corrected chi connectivity index (χ4v) is 5.29. The fourth-order valence-electron chi connectivity index (χ4n) is 4.53. The molecule has 0 aromatic rings. The van der Waals surface area contributed by atoms with Crippen LogP contribution < -0.4 is 11.1 Å². The zero-order valence-corrected chi connectivity index (χ0v) is 27.5. The summed E-state index contributed by atoms with van der Waals surface area (Å²) < 4.78 is 21.8. The van der Waals surface area contributed by atoms with Gasteiger partial charge in [0.05, 0.1) is 37.9 Å². The number of phosphoric ester groups is 1. The second kappa shape index (κ2) is 28.7. The van der Waals surface area contributed by atoms with Gasteiger partial charge < -0.3 is 26.2 Å². The topological polar surface area (TPSA) is 151 Å². The smallest absolute Gasteiger partial charge is 0.393 e. The van der Waals surface area contributed by atoms with Crippen LogP contribution in [-0.4, -0.2) is 59.0 Å². The first kappa shape index (κ1) is 40.9. The number of aliphatic hydroxyl groups is 2. The summed E-state index contributed by atoms with van der Waals surface area (Å²) >= 11 is 0. The van der Waals surface area contributed by atoms with E-state index in [1.54, 1.807) is 12.2 Å². The molecule has 9 nitrogen and oxygen atoms in total. The van der Waals surface area contributed by atoms with Crippen molar-refractivity contribution < 1.29 is 33.5 Å². The summed E-state index contributed by atoms with van der Waals surface area (Å²) in [4.78, 5) is 22.5. The number of carbonyl (C=O) groups is 1. The predicted molar refractivity (Wildman–Crippen MR) is 172 cm³/mol. The molecule has 0 aromatic carbocycles. The molecule has 0 fully saturated rings. The maximum Gasteiger partial charge on any atom is 0.472 e. The van der Waals surface area contributed by atoms with Gasteiger partial charge in [0, 0.05) is 6.54 Å². The van der Waals surface area contributed by atoms with Crippen LogP contribution in [0.25, 0.3) is 0 Å². The predicted octanol–water partition coefficient (Wildman–Crippen LogP) is 6.85. The van der Waals surface area contributed by atoms with Crippen LogP contribution in [0.5, 0.6) is 0 Å². The van der Waals surface area contributed by atoms with Crippen molar-refractivity contribution in [1.29, 1.82) is 0 Å². The lowest BCUT2D eigenvalue weighted by Crippen LogP contribution is -2.46. The quantitative estimate of drug-likeness (QED) is 0.0333. The van der Waals surface area contributed by atoms with Crippen LogP contribution in [0.1, 0.15) is 136 Å². The Morgan fingerprint density at radius 1 is 0.810 bits per heavy atom. The Kier molecular flexibility index (Phi) is 28.0. The number of phosphoric acid groups is 1. The van der Waals surface area contributed by atoms with E-state index < -0.39 is 38.6 Å². The van der Waals surface area contributed by atoms with Crippen LogP contribution in [0, 0.1) is 0 Å². The highest BCUT2D eigenvalue weighted by molar-refractivity contribution is 7.47. The van der Waals surface area contributed by atoms with Gasteiger partial charge in [0.15, 0.2) is 0 Å². The monoisotopic (exact) mass is 618 g/mol. The van der Waals surface area contributed by atoms with E-state index in [4.69, 9.17) is 14.8 Å². The molecule has 0 rings (SSSR count). The van der Waals surface area contributed by atoms with Crippen LogP contribution in [0.3, 0.4) is 0 Å². The molecule has 0 aliphatic heterocycles. The molecule has 4 unspecified atom stereocenters. The molecule has 42 heavy (non-hydrogen) atoms.